The molecule has 0 heterocycles. The SMILES string of the molecule is C=C\C(=C/C(=C\C)/C=C/c1c(C)cc(S)cc1C)C(=O)S. The van der Waals surface area contributed by atoms with E-state index in [9.17, 15) is 4.79 Å². The maximum absolute atomic E-state index is 11.3. The molecule has 0 spiro atoms. The standard InChI is InChI=1S/C18H20OS2/c1-5-14(11-15(6-2)18(19)21)7-8-17-12(3)9-16(20)10-13(17)4/h5-11,20H,2H2,1,3-4H3,(H,19,21)/b8-7+,14-5-,15-11+. The predicted molar refractivity (Wildman–Crippen MR) is 98.2 cm³/mol. The van der Waals surface area contributed by atoms with Gasteiger partial charge in [-0.1, -0.05) is 30.9 Å². The highest BCUT2D eigenvalue weighted by atomic mass is 32.1. The van der Waals surface area contributed by atoms with Crippen molar-refractivity contribution in [3.63, 3.8) is 0 Å². The van der Waals surface area contributed by atoms with Crippen LogP contribution in [0, 0.1) is 13.8 Å². The van der Waals surface area contributed by atoms with Gasteiger partial charge in [0.2, 0.25) is 5.12 Å². The van der Waals surface area contributed by atoms with Crippen LogP contribution < -0.4 is 0 Å². The number of hydrogen-bond acceptors (Lipinski definition) is 2. The number of rotatable bonds is 5. The van der Waals surface area contributed by atoms with Crippen LogP contribution in [-0.2, 0) is 4.79 Å². The van der Waals surface area contributed by atoms with Crippen molar-refractivity contribution in [1.82, 2.24) is 0 Å². The van der Waals surface area contributed by atoms with Gasteiger partial charge in [0.25, 0.3) is 0 Å². The van der Waals surface area contributed by atoms with Crippen LogP contribution in [0.1, 0.15) is 23.6 Å². The van der Waals surface area contributed by atoms with Crippen molar-refractivity contribution in [2.75, 3.05) is 0 Å². The van der Waals surface area contributed by atoms with Crippen LogP contribution >= 0.6 is 25.3 Å². The quantitative estimate of drug-likeness (QED) is 0.438. The fourth-order valence-corrected chi connectivity index (χ4v) is 2.55. The Morgan fingerprint density at radius 3 is 2.24 bits per heavy atom. The average Bonchev–Trinajstić information content (AvgIpc) is 2.40. The highest BCUT2D eigenvalue weighted by molar-refractivity contribution is 7.97. The summed E-state index contributed by atoms with van der Waals surface area (Å²) in [6, 6.07) is 4.07. The van der Waals surface area contributed by atoms with E-state index in [1.54, 1.807) is 6.08 Å². The first kappa shape index (κ1) is 17.6. The maximum atomic E-state index is 11.3. The minimum absolute atomic E-state index is 0.287. The third kappa shape index (κ3) is 5.10. The van der Waals surface area contributed by atoms with E-state index < -0.39 is 0 Å². The molecule has 1 aromatic carbocycles. The maximum Gasteiger partial charge on any atom is 0.216 e. The van der Waals surface area contributed by atoms with E-state index in [-0.39, 0.29) is 5.12 Å². The first-order valence-corrected chi connectivity index (χ1v) is 7.50. The van der Waals surface area contributed by atoms with Crippen LogP contribution in [0.3, 0.4) is 0 Å². The molecule has 0 saturated carbocycles. The molecule has 0 amide bonds. The molecule has 3 heteroatoms. The van der Waals surface area contributed by atoms with Crippen molar-refractivity contribution in [1.29, 1.82) is 0 Å². The highest BCUT2D eigenvalue weighted by Gasteiger charge is 2.02. The minimum Gasteiger partial charge on any atom is -0.282 e. The molecule has 1 nitrogen and oxygen atoms in total. The molecule has 21 heavy (non-hydrogen) atoms. The van der Waals surface area contributed by atoms with Gasteiger partial charge in [-0.05, 0) is 61.2 Å². The third-order valence-corrected chi connectivity index (χ3v) is 3.66. The Labute approximate surface area is 138 Å². The summed E-state index contributed by atoms with van der Waals surface area (Å²) in [6.45, 7) is 9.67. The summed E-state index contributed by atoms with van der Waals surface area (Å²) in [5.74, 6) is 0. The van der Waals surface area contributed by atoms with Crippen LogP contribution in [-0.4, -0.2) is 5.12 Å². The number of benzene rings is 1. The van der Waals surface area contributed by atoms with Crippen LogP contribution in [0.5, 0.6) is 0 Å². The van der Waals surface area contributed by atoms with E-state index in [4.69, 9.17) is 0 Å². The molecule has 0 aliphatic heterocycles. The summed E-state index contributed by atoms with van der Waals surface area (Å²) in [5, 5.41) is -0.287. The second kappa shape index (κ2) is 8.11. The monoisotopic (exact) mass is 316 g/mol. The van der Waals surface area contributed by atoms with Crippen molar-refractivity contribution in [3.05, 3.63) is 70.9 Å². The van der Waals surface area contributed by atoms with E-state index in [1.165, 1.54) is 17.2 Å². The van der Waals surface area contributed by atoms with Crippen molar-refractivity contribution in [3.8, 4) is 0 Å². The molecule has 0 atom stereocenters. The summed E-state index contributed by atoms with van der Waals surface area (Å²) in [4.78, 5) is 12.3. The smallest absolute Gasteiger partial charge is 0.216 e. The summed E-state index contributed by atoms with van der Waals surface area (Å²) in [5.41, 5.74) is 4.92. The molecule has 1 aromatic rings. The fourth-order valence-electron chi connectivity index (χ4n) is 2.01. The van der Waals surface area contributed by atoms with E-state index in [1.807, 2.05) is 37.3 Å². The van der Waals surface area contributed by atoms with Crippen molar-refractivity contribution < 1.29 is 4.79 Å². The lowest BCUT2D eigenvalue weighted by molar-refractivity contribution is -0.107. The van der Waals surface area contributed by atoms with Gasteiger partial charge in [0.1, 0.15) is 0 Å². The van der Waals surface area contributed by atoms with Gasteiger partial charge in [-0.2, -0.15) is 0 Å². The number of aryl methyl sites for hydroxylation is 2. The molecule has 0 saturated heterocycles. The van der Waals surface area contributed by atoms with Crippen LogP contribution in [0.2, 0.25) is 0 Å². The summed E-state index contributed by atoms with van der Waals surface area (Å²) in [6.07, 6.45) is 9.25. The molecule has 0 aliphatic carbocycles. The zero-order valence-corrected chi connectivity index (χ0v) is 14.3. The Morgan fingerprint density at radius 2 is 1.81 bits per heavy atom. The summed E-state index contributed by atoms with van der Waals surface area (Å²) in [7, 11) is 0. The van der Waals surface area contributed by atoms with Crippen LogP contribution in [0.25, 0.3) is 6.08 Å². The Morgan fingerprint density at radius 1 is 1.24 bits per heavy atom. The molecular weight excluding hydrogens is 296 g/mol. The molecular formula is C18H20OS2. The van der Waals surface area contributed by atoms with Gasteiger partial charge in [-0.15, -0.1) is 25.3 Å². The molecule has 0 aromatic heterocycles. The van der Waals surface area contributed by atoms with Gasteiger partial charge in [-0.3, -0.25) is 4.79 Å². The molecule has 0 bridgehead atoms. The van der Waals surface area contributed by atoms with Crippen molar-refractivity contribution in [2.24, 2.45) is 0 Å². The predicted octanol–water partition coefficient (Wildman–Crippen LogP) is 5.12. The fraction of sp³-hybridized carbons (Fsp3) is 0.167. The van der Waals surface area contributed by atoms with E-state index in [0.29, 0.717) is 5.57 Å². The Balaban J connectivity index is 3.14. The lowest BCUT2D eigenvalue weighted by Crippen LogP contribution is -1.90. The third-order valence-electron chi connectivity index (χ3n) is 3.14. The molecule has 0 unspecified atom stereocenters. The molecule has 110 valence electrons. The van der Waals surface area contributed by atoms with Crippen LogP contribution in [0.15, 0.2) is 59.1 Å². The Hall–Kier alpha value is -1.45. The van der Waals surface area contributed by atoms with Crippen LogP contribution in [0.4, 0.5) is 0 Å². The van der Waals surface area contributed by atoms with Crippen molar-refractivity contribution in [2.45, 2.75) is 25.7 Å². The van der Waals surface area contributed by atoms with E-state index in [0.717, 1.165) is 16.0 Å². The highest BCUT2D eigenvalue weighted by Crippen LogP contribution is 2.21. The molecule has 0 radical (unpaired) electrons. The van der Waals surface area contributed by atoms with Crippen molar-refractivity contribution >= 4 is 36.4 Å². The van der Waals surface area contributed by atoms with E-state index >= 15 is 0 Å². The molecule has 0 fully saturated rings. The Bertz CT molecular complexity index is 626. The molecule has 0 aliphatic rings. The van der Waals surface area contributed by atoms with Gasteiger partial charge in [-0.25, -0.2) is 0 Å². The first-order chi connectivity index (χ1) is 9.88. The van der Waals surface area contributed by atoms with Gasteiger partial charge < -0.3 is 0 Å². The summed E-state index contributed by atoms with van der Waals surface area (Å²) >= 11 is 8.21. The van der Waals surface area contributed by atoms with Gasteiger partial charge >= 0.3 is 0 Å². The molecule has 1 rings (SSSR count). The Kier molecular flexibility index (Phi) is 6.79. The van der Waals surface area contributed by atoms with Gasteiger partial charge in [0.05, 0.1) is 0 Å². The largest absolute Gasteiger partial charge is 0.282 e. The zero-order valence-electron chi connectivity index (χ0n) is 12.6. The topological polar surface area (TPSA) is 17.1 Å². The number of allylic oxidation sites excluding steroid dienone is 5. The summed E-state index contributed by atoms with van der Waals surface area (Å²) < 4.78 is 0. The van der Waals surface area contributed by atoms with E-state index in [2.05, 4.69) is 45.7 Å². The lowest BCUT2D eigenvalue weighted by Gasteiger charge is -2.07. The zero-order chi connectivity index (χ0) is 16.0. The molecule has 0 N–H and O–H groups in total. The number of carbonyl (C=O) groups excluding carboxylic acids is 1. The first-order valence-electron chi connectivity index (χ1n) is 6.61. The lowest BCUT2D eigenvalue weighted by atomic mass is 10.0. The van der Waals surface area contributed by atoms with Gasteiger partial charge in [0.15, 0.2) is 0 Å². The van der Waals surface area contributed by atoms with Gasteiger partial charge in [0, 0.05) is 10.5 Å². The number of carbonyl (C=O) groups is 1. The normalized spacial score (nSPS) is 12.8. The second-order valence-corrected chi connectivity index (χ2v) is 5.65. The average molecular weight is 316 g/mol. The minimum atomic E-state index is -0.287. The second-order valence-electron chi connectivity index (χ2n) is 4.72. The number of hydrogen-bond donors (Lipinski definition) is 2. The number of thiol groups is 2.